The summed E-state index contributed by atoms with van der Waals surface area (Å²) in [6.45, 7) is 2.49. The lowest BCUT2D eigenvalue weighted by atomic mass is 10.1. The first-order chi connectivity index (χ1) is 15.6. The molecule has 0 spiro atoms. The van der Waals surface area contributed by atoms with Crippen molar-refractivity contribution in [2.75, 3.05) is 18.8 Å². The Hall–Kier alpha value is -2.97. The summed E-state index contributed by atoms with van der Waals surface area (Å²) in [5.41, 5.74) is 3.47. The highest BCUT2D eigenvalue weighted by atomic mass is 32.2. The van der Waals surface area contributed by atoms with Gasteiger partial charge in [-0.05, 0) is 29.7 Å². The van der Waals surface area contributed by atoms with Crippen molar-refractivity contribution in [3.05, 3.63) is 93.2 Å². The molecule has 0 unspecified atom stereocenters. The zero-order chi connectivity index (χ0) is 22.3. The van der Waals surface area contributed by atoms with Crippen LogP contribution < -0.4 is 10.9 Å². The molecule has 0 atom stereocenters. The van der Waals surface area contributed by atoms with Crippen molar-refractivity contribution in [3.8, 4) is 0 Å². The predicted molar refractivity (Wildman–Crippen MR) is 123 cm³/mol. The minimum atomic E-state index is -0.256. The number of H-pyrrole nitrogens is 1. The summed E-state index contributed by atoms with van der Waals surface area (Å²) in [5, 5.41) is 3.37. The van der Waals surface area contributed by atoms with Gasteiger partial charge in [0.15, 0.2) is 5.16 Å². The predicted octanol–water partition coefficient (Wildman–Crippen LogP) is 2.92. The molecule has 1 aliphatic heterocycles. The van der Waals surface area contributed by atoms with E-state index in [0.29, 0.717) is 36.8 Å². The number of hydrogen-bond acceptors (Lipinski definition) is 5. The van der Waals surface area contributed by atoms with Crippen molar-refractivity contribution in [2.45, 2.75) is 31.1 Å². The Morgan fingerprint density at radius 1 is 1.12 bits per heavy atom. The van der Waals surface area contributed by atoms with Gasteiger partial charge >= 0.3 is 0 Å². The largest absolute Gasteiger partial charge is 0.355 e. The van der Waals surface area contributed by atoms with Crippen molar-refractivity contribution in [2.24, 2.45) is 0 Å². The Kier molecular flexibility index (Phi) is 7.34. The van der Waals surface area contributed by atoms with Gasteiger partial charge < -0.3 is 10.3 Å². The smallest absolute Gasteiger partial charge is 0.256 e. The van der Waals surface area contributed by atoms with Gasteiger partial charge in [0.25, 0.3) is 5.56 Å². The van der Waals surface area contributed by atoms with Crippen molar-refractivity contribution in [3.63, 3.8) is 0 Å². The summed E-state index contributed by atoms with van der Waals surface area (Å²) in [6, 6.07) is 16.4. The monoisotopic (exact) mass is 452 g/mol. The molecular formula is C24H25FN4O2S. The fraction of sp³-hybridized carbons (Fsp3) is 0.292. The maximum Gasteiger partial charge on any atom is 0.256 e. The van der Waals surface area contributed by atoms with Gasteiger partial charge in [-0.1, -0.05) is 54.2 Å². The fourth-order valence-corrected chi connectivity index (χ4v) is 4.39. The molecule has 0 aliphatic carbocycles. The van der Waals surface area contributed by atoms with E-state index in [9.17, 15) is 14.0 Å². The van der Waals surface area contributed by atoms with Crippen LogP contribution in [0.5, 0.6) is 0 Å². The Bertz CT molecular complexity index is 1120. The molecule has 1 aromatic heterocycles. The lowest BCUT2D eigenvalue weighted by Crippen LogP contribution is -2.35. The minimum Gasteiger partial charge on any atom is -0.355 e. The maximum absolute atomic E-state index is 13.1. The number of carbonyl (C=O) groups is 1. The molecule has 0 bridgehead atoms. The number of aromatic nitrogens is 2. The summed E-state index contributed by atoms with van der Waals surface area (Å²) in [5.74, 6) is -0.141. The van der Waals surface area contributed by atoms with Crippen molar-refractivity contribution in [1.82, 2.24) is 20.2 Å². The zero-order valence-electron chi connectivity index (χ0n) is 17.6. The first kappa shape index (κ1) is 22.2. The second-order valence-electron chi connectivity index (χ2n) is 7.76. The highest BCUT2D eigenvalue weighted by Crippen LogP contribution is 2.19. The van der Waals surface area contributed by atoms with Gasteiger partial charge in [0.2, 0.25) is 5.91 Å². The standard InChI is InChI=1S/C24H25FN4O2S/c25-19-8-6-18(7-9-19)14-29-13-11-21-20(15-29)23(31)28-24(27-21)32-16-22(30)26-12-10-17-4-2-1-3-5-17/h1-9H,10-16H2,(H,26,30)(H,27,28,31). The average Bonchev–Trinajstić information content (AvgIpc) is 2.80. The van der Waals surface area contributed by atoms with Crippen LogP contribution in [0, 0.1) is 5.82 Å². The molecule has 0 radical (unpaired) electrons. The summed E-state index contributed by atoms with van der Waals surface area (Å²) < 4.78 is 13.1. The Morgan fingerprint density at radius 2 is 1.91 bits per heavy atom. The quantitative estimate of drug-likeness (QED) is 0.406. The Labute approximate surface area is 190 Å². The molecule has 1 aliphatic rings. The fourth-order valence-electron chi connectivity index (χ4n) is 3.69. The van der Waals surface area contributed by atoms with E-state index in [2.05, 4.69) is 20.2 Å². The molecule has 0 saturated heterocycles. The molecule has 1 amide bonds. The van der Waals surface area contributed by atoms with Gasteiger partial charge in [-0.25, -0.2) is 9.37 Å². The normalized spacial score (nSPS) is 13.5. The van der Waals surface area contributed by atoms with Crippen LogP contribution in [-0.2, 0) is 30.7 Å². The van der Waals surface area contributed by atoms with Gasteiger partial charge in [-0.3, -0.25) is 14.5 Å². The van der Waals surface area contributed by atoms with E-state index in [4.69, 9.17) is 0 Å². The van der Waals surface area contributed by atoms with Gasteiger partial charge in [-0.2, -0.15) is 0 Å². The third-order valence-corrected chi connectivity index (χ3v) is 6.24. The van der Waals surface area contributed by atoms with Gasteiger partial charge in [-0.15, -0.1) is 0 Å². The van der Waals surface area contributed by atoms with E-state index in [-0.39, 0.29) is 23.0 Å². The molecular weight excluding hydrogens is 427 g/mol. The summed E-state index contributed by atoms with van der Waals surface area (Å²) in [4.78, 5) is 34.3. The molecule has 32 heavy (non-hydrogen) atoms. The number of hydrogen-bond donors (Lipinski definition) is 2. The maximum atomic E-state index is 13.1. The Balaban J connectivity index is 1.28. The van der Waals surface area contributed by atoms with Crippen LogP contribution >= 0.6 is 11.8 Å². The van der Waals surface area contributed by atoms with Crippen molar-refractivity contribution < 1.29 is 9.18 Å². The first-order valence-corrected chi connectivity index (χ1v) is 11.6. The number of rotatable bonds is 8. The van der Waals surface area contributed by atoms with E-state index < -0.39 is 0 Å². The third kappa shape index (κ3) is 6.05. The lowest BCUT2D eigenvalue weighted by Gasteiger charge is -2.27. The molecule has 6 nitrogen and oxygen atoms in total. The topological polar surface area (TPSA) is 78.1 Å². The van der Waals surface area contributed by atoms with E-state index >= 15 is 0 Å². The zero-order valence-corrected chi connectivity index (χ0v) is 18.5. The van der Waals surface area contributed by atoms with Crippen LogP contribution in [0.1, 0.15) is 22.4 Å². The highest BCUT2D eigenvalue weighted by molar-refractivity contribution is 7.99. The number of halogens is 1. The number of nitrogens with one attached hydrogen (secondary N) is 2. The van der Waals surface area contributed by atoms with Crippen LogP contribution in [0.3, 0.4) is 0 Å². The molecule has 166 valence electrons. The number of benzene rings is 2. The van der Waals surface area contributed by atoms with E-state index in [1.807, 2.05) is 30.3 Å². The number of nitrogens with zero attached hydrogens (tertiary/aromatic N) is 2. The molecule has 2 heterocycles. The molecule has 2 N–H and O–H groups in total. The van der Waals surface area contributed by atoms with Gasteiger partial charge in [0.1, 0.15) is 5.82 Å². The summed E-state index contributed by atoms with van der Waals surface area (Å²) in [7, 11) is 0. The van der Waals surface area contributed by atoms with Gasteiger partial charge in [0, 0.05) is 32.6 Å². The number of carbonyl (C=O) groups excluding carboxylic acids is 1. The number of aromatic amines is 1. The highest BCUT2D eigenvalue weighted by Gasteiger charge is 2.21. The summed E-state index contributed by atoms with van der Waals surface area (Å²) in [6.07, 6.45) is 1.44. The van der Waals surface area contributed by atoms with E-state index in [0.717, 1.165) is 24.2 Å². The summed E-state index contributed by atoms with van der Waals surface area (Å²) >= 11 is 1.24. The Morgan fingerprint density at radius 3 is 2.69 bits per heavy atom. The first-order valence-electron chi connectivity index (χ1n) is 10.6. The van der Waals surface area contributed by atoms with Crippen LogP contribution in [0.2, 0.25) is 0 Å². The average molecular weight is 453 g/mol. The number of amides is 1. The minimum absolute atomic E-state index is 0.0863. The molecule has 0 fully saturated rings. The molecule has 0 saturated carbocycles. The van der Waals surface area contributed by atoms with Crippen LogP contribution in [0.15, 0.2) is 64.5 Å². The van der Waals surface area contributed by atoms with Crippen LogP contribution in [-0.4, -0.2) is 39.6 Å². The second kappa shape index (κ2) is 10.6. The van der Waals surface area contributed by atoms with Crippen LogP contribution in [0.25, 0.3) is 0 Å². The van der Waals surface area contributed by atoms with Crippen molar-refractivity contribution in [1.29, 1.82) is 0 Å². The lowest BCUT2D eigenvalue weighted by molar-refractivity contribution is -0.118. The molecule has 4 rings (SSSR count). The third-order valence-electron chi connectivity index (χ3n) is 5.36. The second-order valence-corrected chi connectivity index (χ2v) is 8.72. The van der Waals surface area contributed by atoms with E-state index in [1.165, 1.54) is 29.5 Å². The van der Waals surface area contributed by atoms with Crippen molar-refractivity contribution >= 4 is 17.7 Å². The number of thioether (sulfide) groups is 1. The number of fused-ring (bicyclic) bond motifs is 1. The van der Waals surface area contributed by atoms with Crippen LogP contribution in [0.4, 0.5) is 4.39 Å². The van der Waals surface area contributed by atoms with Gasteiger partial charge in [0.05, 0.1) is 17.0 Å². The molecule has 3 aromatic rings. The molecule has 2 aromatic carbocycles. The SMILES string of the molecule is O=C(CSc1nc2c(c(=O)[nH]1)CN(Cc1ccc(F)cc1)CC2)NCCc1ccccc1. The van der Waals surface area contributed by atoms with E-state index in [1.54, 1.807) is 12.1 Å². The molecule has 8 heteroatoms.